The summed E-state index contributed by atoms with van der Waals surface area (Å²) in [6, 6.07) is 10.1. The van der Waals surface area contributed by atoms with Gasteiger partial charge in [0.25, 0.3) is 11.8 Å². The summed E-state index contributed by atoms with van der Waals surface area (Å²) in [5.41, 5.74) is 1.51. The molecule has 1 heterocycles. The van der Waals surface area contributed by atoms with Gasteiger partial charge in [-0.25, -0.2) is 9.69 Å². The Morgan fingerprint density at radius 1 is 1.04 bits per heavy atom. The third-order valence-electron chi connectivity index (χ3n) is 4.74. The molecule has 1 aliphatic rings. The number of hydrogen-bond acceptors (Lipinski definition) is 5. The highest BCUT2D eigenvalue weighted by molar-refractivity contribution is 6.39. The molecule has 1 aliphatic heterocycles. The van der Waals surface area contributed by atoms with Crippen LogP contribution < -0.4 is 10.2 Å². The van der Waals surface area contributed by atoms with E-state index in [2.05, 4.69) is 19.2 Å². The quantitative estimate of drug-likeness (QED) is 0.429. The lowest BCUT2D eigenvalue weighted by Gasteiger charge is -2.26. The van der Waals surface area contributed by atoms with Crippen LogP contribution in [0.3, 0.4) is 0 Å². The number of barbiturate groups is 1. The Hall–Kier alpha value is -3.61. The van der Waals surface area contributed by atoms with Gasteiger partial charge in [0, 0.05) is 0 Å². The van der Waals surface area contributed by atoms with E-state index in [0.717, 1.165) is 16.9 Å². The lowest BCUT2D eigenvalue weighted by molar-refractivity contribution is -0.122. The number of benzene rings is 2. The Bertz CT molecular complexity index is 979. The lowest BCUT2D eigenvalue weighted by atomic mass is 9.98. The van der Waals surface area contributed by atoms with Crippen LogP contribution in [0.5, 0.6) is 11.5 Å². The van der Waals surface area contributed by atoms with Crippen molar-refractivity contribution in [2.45, 2.75) is 26.2 Å². The van der Waals surface area contributed by atoms with Crippen LogP contribution in [0.2, 0.25) is 0 Å². The van der Waals surface area contributed by atoms with Crippen LogP contribution in [-0.4, -0.2) is 28.1 Å². The number of urea groups is 1. The topological polar surface area (TPSA) is 107 Å². The van der Waals surface area contributed by atoms with Gasteiger partial charge in [-0.2, -0.15) is 0 Å². The largest absolute Gasteiger partial charge is 0.504 e. The van der Waals surface area contributed by atoms with E-state index >= 15 is 0 Å². The third-order valence-corrected chi connectivity index (χ3v) is 4.74. The van der Waals surface area contributed by atoms with Gasteiger partial charge < -0.3 is 10.2 Å². The summed E-state index contributed by atoms with van der Waals surface area (Å²) in [5, 5.41) is 21.1. The predicted octanol–water partition coefficient (Wildman–Crippen LogP) is 3.28. The molecule has 0 aromatic heterocycles. The van der Waals surface area contributed by atoms with Gasteiger partial charge in [0.05, 0.1) is 5.69 Å². The number of rotatable bonds is 4. The van der Waals surface area contributed by atoms with Crippen LogP contribution in [0.25, 0.3) is 6.08 Å². The van der Waals surface area contributed by atoms with E-state index in [1.807, 2.05) is 12.1 Å². The molecule has 4 amide bonds. The van der Waals surface area contributed by atoms with Gasteiger partial charge in [-0.3, -0.25) is 14.9 Å². The summed E-state index contributed by atoms with van der Waals surface area (Å²) in [5.74, 6) is -1.95. The van der Waals surface area contributed by atoms with Gasteiger partial charge in [-0.05, 0) is 53.8 Å². The van der Waals surface area contributed by atoms with Crippen molar-refractivity contribution >= 4 is 29.6 Å². The molecular weight excluding hydrogens is 360 g/mol. The summed E-state index contributed by atoms with van der Waals surface area (Å²) in [6.45, 7) is 4.16. The molecule has 3 rings (SSSR count). The number of nitrogens with zero attached hydrogens (tertiary/aromatic N) is 1. The molecule has 7 nitrogen and oxygen atoms in total. The number of carbonyl (C=O) groups excluding carboxylic acids is 3. The highest BCUT2D eigenvalue weighted by atomic mass is 16.3. The summed E-state index contributed by atoms with van der Waals surface area (Å²) in [7, 11) is 0. The molecule has 0 spiro atoms. The zero-order chi connectivity index (χ0) is 20.4. The van der Waals surface area contributed by atoms with E-state index in [-0.39, 0.29) is 17.1 Å². The summed E-state index contributed by atoms with van der Waals surface area (Å²) < 4.78 is 0. The number of phenols is 2. The fourth-order valence-electron chi connectivity index (χ4n) is 2.88. The van der Waals surface area contributed by atoms with Crippen molar-refractivity contribution in [2.75, 3.05) is 4.90 Å². The van der Waals surface area contributed by atoms with Crippen molar-refractivity contribution in [1.29, 1.82) is 0 Å². The maximum Gasteiger partial charge on any atom is 0.335 e. The van der Waals surface area contributed by atoms with Gasteiger partial charge >= 0.3 is 6.03 Å². The lowest BCUT2D eigenvalue weighted by Crippen LogP contribution is -2.54. The van der Waals surface area contributed by atoms with Gasteiger partial charge in [0.1, 0.15) is 5.57 Å². The SMILES string of the molecule is CCC(C)c1ccc(N2C(=O)NC(=O)C(=Cc3ccc(O)c(O)c3)C2=O)cc1. The Morgan fingerprint density at radius 2 is 1.71 bits per heavy atom. The minimum absolute atomic E-state index is 0.254. The van der Waals surface area contributed by atoms with E-state index < -0.39 is 17.8 Å². The van der Waals surface area contributed by atoms with Gasteiger partial charge in [-0.1, -0.05) is 32.0 Å². The molecule has 28 heavy (non-hydrogen) atoms. The van der Waals surface area contributed by atoms with E-state index in [9.17, 15) is 24.6 Å². The smallest absolute Gasteiger partial charge is 0.335 e. The van der Waals surface area contributed by atoms with E-state index in [1.165, 1.54) is 24.3 Å². The highest BCUT2D eigenvalue weighted by Crippen LogP contribution is 2.28. The summed E-state index contributed by atoms with van der Waals surface area (Å²) >= 11 is 0. The first-order chi connectivity index (χ1) is 13.3. The van der Waals surface area contributed by atoms with Crippen LogP contribution in [0.15, 0.2) is 48.0 Å². The molecule has 2 aromatic rings. The number of hydrogen-bond donors (Lipinski definition) is 3. The second kappa shape index (κ2) is 7.56. The first-order valence-electron chi connectivity index (χ1n) is 8.85. The van der Waals surface area contributed by atoms with Crippen molar-refractivity contribution in [3.8, 4) is 11.5 Å². The normalized spacial score (nSPS) is 17.0. The molecule has 0 saturated carbocycles. The maximum atomic E-state index is 12.8. The molecule has 0 aliphatic carbocycles. The van der Waals surface area contributed by atoms with Crippen LogP contribution in [0.4, 0.5) is 10.5 Å². The van der Waals surface area contributed by atoms with Crippen LogP contribution >= 0.6 is 0 Å². The van der Waals surface area contributed by atoms with Crippen molar-refractivity contribution in [2.24, 2.45) is 0 Å². The Morgan fingerprint density at radius 3 is 2.32 bits per heavy atom. The Labute approximate surface area is 161 Å². The highest BCUT2D eigenvalue weighted by Gasteiger charge is 2.36. The predicted molar refractivity (Wildman–Crippen MR) is 104 cm³/mol. The van der Waals surface area contributed by atoms with Crippen molar-refractivity contribution in [3.05, 3.63) is 59.2 Å². The molecular formula is C21H20N2O5. The summed E-state index contributed by atoms with van der Waals surface area (Å²) in [4.78, 5) is 38.2. The summed E-state index contributed by atoms with van der Waals surface area (Å²) in [6.07, 6.45) is 2.22. The molecule has 7 heteroatoms. The van der Waals surface area contributed by atoms with E-state index in [1.54, 1.807) is 12.1 Å². The number of aromatic hydroxyl groups is 2. The number of nitrogens with one attached hydrogen (secondary N) is 1. The molecule has 1 fully saturated rings. The van der Waals surface area contributed by atoms with Crippen LogP contribution in [0, 0.1) is 0 Å². The van der Waals surface area contributed by atoms with Gasteiger partial charge in [0.2, 0.25) is 0 Å². The first-order valence-corrected chi connectivity index (χ1v) is 8.85. The van der Waals surface area contributed by atoms with Gasteiger partial charge in [-0.15, -0.1) is 0 Å². The molecule has 0 radical (unpaired) electrons. The van der Waals surface area contributed by atoms with E-state index in [0.29, 0.717) is 17.2 Å². The van der Waals surface area contributed by atoms with Crippen LogP contribution in [-0.2, 0) is 9.59 Å². The van der Waals surface area contributed by atoms with Crippen LogP contribution in [0.1, 0.15) is 37.3 Å². The molecule has 1 unspecified atom stereocenters. The minimum Gasteiger partial charge on any atom is -0.504 e. The average Bonchev–Trinajstić information content (AvgIpc) is 2.67. The van der Waals surface area contributed by atoms with Crippen molar-refractivity contribution in [1.82, 2.24) is 5.32 Å². The number of carbonyl (C=O) groups is 3. The molecule has 3 N–H and O–H groups in total. The van der Waals surface area contributed by atoms with E-state index in [4.69, 9.17) is 0 Å². The van der Waals surface area contributed by atoms with Gasteiger partial charge in [0.15, 0.2) is 11.5 Å². The van der Waals surface area contributed by atoms with Crippen molar-refractivity contribution in [3.63, 3.8) is 0 Å². The number of anilines is 1. The second-order valence-electron chi connectivity index (χ2n) is 6.61. The number of imide groups is 2. The standard InChI is InChI=1S/C21H20N2O5/c1-3-12(2)14-5-7-15(8-6-14)23-20(27)16(19(26)22-21(23)28)10-13-4-9-17(24)18(25)11-13/h4-12,24-25H,3H2,1-2H3,(H,22,26,28). The number of amides is 4. The second-order valence-corrected chi connectivity index (χ2v) is 6.61. The Kier molecular flexibility index (Phi) is 5.17. The van der Waals surface area contributed by atoms with Crippen molar-refractivity contribution < 1.29 is 24.6 Å². The minimum atomic E-state index is -0.824. The molecule has 0 bridgehead atoms. The molecule has 1 saturated heterocycles. The fraction of sp³-hybridized carbons (Fsp3) is 0.190. The molecule has 1 atom stereocenters. The molecule has 144 valence electrons. The molecule has 2 aromatic carbocycles. The average molecular weight is 380 g/mol. The Balaban J connectivity index is 1.95. The maximum absolute atomic E-state index is 12.8. The number of phenolic OH excluding ortho intramolecular Hbond substituents is 2. The monoisotopic (exact) mass is 380 g/mol. The fourth-order valence-corrected chi connectivity index (χ4v) is 2.88. The zero-order valence-corrected chi connectivity index (χ0v) is 15.5. The zero-order valence-electron chi connectivity index (χ0n) is 15.5. The third kappa shape index (κ3) is 3.59. The first kappa shape index (κ1) is 19.2.